The van der Waals surface area contributed by atoms with Gasteiger partial charge in [-0.25, -0.2) is 0 Å². The molecule has 33 heavy (non-hydrogen) atoms. The quantitative estimate of drug-likeness (QED) is 0.162. The fraction of sp³-hybridized carbons (Fsp3) is 0.440. The summed E-state index contributed by atoms with van der Waals surface area (Å²) in [5.74, 6) is 0.728. The number of likely N-dealkylation sites (tertiary alicyclic amines) is 1. The van der Waals surface area contributed by atoms with Gasteiger partial charge >= 0.3 is 0 Å². The number of aliphatic imine (C=N–C) groups is 1. The first-order chi connectivity index (χ1) is 15.5. The highest BCUT2D eigenvalue weighted by molar-refractivity contribution is 14.0. The van der Waals surface area contributed by atoms with Crippen molar-refractivity contribution in [3.8, 4) is 5.75 Å². The number of guanidine groups is 1. The molecular formula is C25H36IN5O2. The van der Waals surface area contributed by atoms with Crippen LogP contribution >= 0.6 is 24.0 Å². The standard InChI is InChI=1S/C25H35N5O2.HI/c1-3-26-25(28-14-8-13-27-24(32)21-11-7-12-23(31)16-21)29-22-15-19(2)30(18-22)17-20-9-5-4-6-10-20;/h4-7,9-12,16,19,22,31H,3,8,13-15,17-18H2,1-2H3,(H,27,32)(H2,26,28,29);1H. The molecule has 2 unspecified atom stereocenters. The Bertz CT molecular complexity index is 893. The summed E-state index contributed by atoms with van der Waals surface area (Å²) in [6, 6.07) is 17.8. The zero-order valence-corrected chi connectivity index (χ0v) is 21.8. The minimum atomic E-state index is -0.187. The van der Waals surface area contributed by atoms with Gasteiger partial charge in [0.05, 0.1) is 0 Å². The number of carbonyl (C=O) groups excluding carboxylic acids is 1. The van der Waals surface area contributed by atoms with Crippen LogP contribution in [-0.4, -0.2) is 60.1 Å². The summed E-state index contributed by atoms with van der Waals surface area (Å²) >= 11 is 0. The summed E-state index contributed by atoms with van der Waals surface area (Å²) in [6.07, 6.45) is 1.82. The summed E-state index contributed by atoms with van der Waals surface area (Å²) in [5, 5.41) is 19.3. The van der Waals surface area contributed by atoms with Crippen LogP contribution in [0, 0.1) is 0 Å². The third kappa shape index (κ3) is 8.85. The van der Waals surface area contributed by atoms with Crippen LogP contribution in [0.3, 0.4) is 0 Å². The fourth-order valence-corrected chi connectivity index (χ4v) is 3.98. The largest absolute Gasteiger partial charge is 0.508 e. The fourth-order valence-electron chi connectivity index (χ4n) is 3.98. The van der Waals surface area contributed by atoms with Crippen molar-refractivity contribution in [2.75, 3.05) is 26.2 Å². The van der Waals surface area contributed by atoms with Crippen LogP contribution in [0.5, 0.6) is 5.75 Å². The lowest BCUT2D eigenvalue weighted by molar-refractivity contribution is 0.0953. The molecule has 0 bridgehead atoms. The molecule has 180 valence electrons. The molecule has 4 N–H and O–H groups in total. The molecule has 3 rings (SSSR count). The molecule has 1 fully saturated rings. The molecule has 2 aromatic carbocycles. The van der Waals surface area contributed by atoms with Gasteiger partial charge in [0.2, 0.25) is 0 Å². The van der Waals surface area contributed by atoms with Crippen LogP contribution in [0.25, 0.3) is 0 Å². The SMILES string of the molecule is CCNC(=NCCCNC(=O)c1cccc(O)c1)NC1CC(C)N(Cc2ccccc2)C1.I. The van der Waals surface area contributed by atoms with Gasteiger partial charge in [-0.2, -0.15) is 0 Å². The second-order valence-corrected chi connectivity index (χ2v) is 8.26. The number of halogens is 1. The zero-order chi connectivity index (χ0) is 22.8. The van der Waals surface area contributed by atoms with Gasteiger partial charge in [0.1, 0.15) is 5.75 Å². The van der Waals surface area contributed by atoms with Gasteiger partial charge in [0.15, 0.2) is 5.96 Å². The third-order valence-corrected chi connectivity index (χ3v) is 5.62. The Morgan fingerprint density at radius 2 is 1.94 bits per heavy atom. The minimum absolute atomic E-state index is 0. The number of phenolic OH excluding ortho intramolecular Hbond substituents is 1. The molecule has 0 saturated carbocycles. The van der Waals surface area contributed by atoms with Crippen LogP contribution in [-0.2, 0) is 6.54 Å². The molecule has 2 aromatic rings. The van der Waals surface area contributed by atoms with Crippen molar-refractivity contribution in [2.45, 2.75) is 45.3 Å². The van der Waals surface area contributed by atoms with E-state index in [0.717, 1.165) is 38.4 Å². The van der Waals surface area contributed by atoms with Crippen LogP contribution < -0.4 is 16.0 Å². The number of benzene rings is 2. The van der Waals surface area contributed by atoms with Crippen LogP contribution in [0.1, 0.15) is 42.6 Å². The van der Waals surface area contributed by atoms with Crippen molar-refractivity contribution < 1.29 is 9.90 Å². The Balaban J connectivity index is 0.00000385. The second kappa shape index (κ2) is 14.0. The van der Waals surface area contributed by atoms with Gasteiger partial charge in [-0.15, -0.1) is 24.0 Å². The lowest BCUT2D eigenvalue weighted by Gasteiger charge is -2.21. The Morgan fingerprint density at radius 1 is 1.15 bits per heavy atom. The number of hydrogen-bond acceptors (Lipinski definition) is 4. The van der Waals surface area contributed by atoms with E-state index >= 15 is 0 Å². The Hall–Kier alpha value is -2.33. The molecule has 0 radical (unpaired) electrons. The van der Waals surface area contributed by atoms with Gasteiger partial charge < -0.3 is 21.1 Å². The van der Waals surface area contributed by atoms with Crippen molar-refractivity contribution >= 4 is 35.8 Å². The summed E-state index contributed by atoms with van der Waals surface area (Å²) < 4.78 is 0. The third-order valence-electron chi connectivity index (χ3n) is 5.62. The molecular weight excluding hydrogens is 529 g/mol. The number of aromatic hydroxyl groups is 1. The topological polar surface area (TPSA) is 89.0 Å². The average molecular weight is 566 g/mol. The lowest BCUT2D eigenvalue weighted by atomic mass is 10.2. The molecule has 0 aliphatic carbocycles. The van der Waals surface area contributed by atoms with Crippen molar-refractivity contribution in [1.29, 1.82) is 0 Å². The maximum Gasteiger partial charge on any atom is 0.251 e. The molecule has 0 aromatic heterocycles. The van der Waals surface area contributed by atoms with Crippen molar-refractivity contribution in [3.63, 3.8) is 0 Å². The van der Waals surface area contributed by atoms with E-state index in [1.54, 1.807) is 18.2 Å². The number of nitrogens with one attached hydrogen (secondary N) is 3. The number of rotatable bonds is 9. The van der Waals surface area contributed by atoms with Gasteiger partial charge in [0.25, 0.3) is 5.91 Å². The summed E-state index contributed by atoms with van der Waals surface area (Å²) in [4.78, 5) is 19.3. The van der Waals surface area contributed by atoms with Crippen LogP contribution in [0.4, 0.5) is 0 Å². The highest BCUT2D eigenvalue weighted by atomic mass is 127. The van der Waals surface area contributed by atoms with E-state index in [1.165, 1.54) is 11.6 Å². The molecule has 1 heterocycles. The van der Waals surface area contributed by atoms with E-state index in [2.05, 4.69) is 70.0 Å². The van der Waals surface area contributed by atoms with E-state index < -0.39 is 0 Å². The van der Waals surface area contributed by atoms with Crippen LogP contribution in [0.15, 0.2) is 59.6 Å². The number of amides is 1. The van der Waals surface area contributed by atoms with E-state index in [9.17, 15) is 9.90 Å². The smallest absolute Gasteiger partial charge is 0.251 e. The highest BCUT2D eigenvalue weighted by Crippen LogP contribution is 2.20. The first kappa shape index (κ1) is 26.9. The monoisotopic (exact) mass is 565 g/mol. The first-order valence-corrected chi connectivity index (χ1v) is 11.4. The molecule has 1 amide bonds. The maximum absolute atomic E-state index is 12.1. The average Bonchev–Trinajstić information content (AvgIpc) is 3.12. The van der Waals surface area contributed by atoms with Crippen LogP contribution in [0.2, 0.25) is 0 Å². The predicted octanol–water partition coefficient (Wildman–Crippen LogP) is 3.35. The summed E-state index contributed by atoms with van der Waals surface area (Å²) in [7, 11) is 0. The normalized spacial score (nSPS) is 18.4. The second-order valence-electron chi connectivity index (χ2n) is 8.26. The van der Waals surface area contributed by atoms with Gasteiger partial charge in [-0.1, -0.05) is 36.4 Å². The molecule has 7 nitrogen and oxygen atoms in total. The summed E-state index contributed by atoms with van der Waals surface area (Å²) in [6.45, 7) is 8.24. The van der Waals surface area contributed by atoms with Gasteiger partial charge in [-0.3, -0.25) is 14.7 Å². The lowest BCUT2D eigenvalue weighted by Crippen LogP contribution is -2.44. The molecule has 0 spiro atoms. The van der Waals surface area contributed by atoms with E-state index in [4.69, 9.17) is 0 Å². The molecule has 1 aliphatic rings. The van der Waals surface area contributed by atoms with E-state index in [-0.39, 0.29) is 35.6 Å². The maximum atomic E-state index is 12.1. The number of nitrogens with zero attached hydrogens (tertiary/aromatic N) is 2. The zero-order valence-electron chi connectivity index (χ0n) is 19.5. The van der Waals surface area contributed by atoms with E-state index in [0.29, 0.717) is 30.7 Å². The van der Waals surface area contributed by atoms with Gasteiger partial charge in [-0.05, 0) is 50.5 Å². The summed E-state index contributed by atoms with van der Waals surface area (Å²) in [5.41, 5.74) is 1.80. The van der Waals surface area contributed by atoms with Gasteiger partial charge in [0, 0.05) is 50.4 Å². The van der Waals surface area contributed by atoms with Crippen molar-refractivity contribution in [2.24, 2.45) is 4.99 Å². The molecule has 1 saturated heterocycles. The van der Waals surface area contributed by atoms with Crippen molar-refractivity contribution in [1.82, 2.24) is 20.9 Å². The molecule has 8 heteroatoms. The molecule has 2 atom stereocenters. The number of phenols is 1. The number of hydrogen-bond donors (Lipinski definition) is 4. The predicted molar refractivity (Wildman–Crippen MR) is 144 cm³/mol. The number of carbonyl (C=O) groups is 1. The highest BCUT2D eigenvalue weighted by Gasteiger charge is 2.29. The van der Waals surface area contributed by atoms with Crippen molar-refractivity contribution in [3.05, 3.63) is 65.7 Å². The minimum Gasteiger partial charge on any atom is -0.508 e. The Morgan fingerprint density at radius 3 is 2.67 bits per heavy atom. The molecule has 1 aliphatic heterocycles. The van der Waals surface area contributed by atoms with E-state index in [1.807, 2.05) is 0 Å². The Labute approximate surface area is 214 Å². The first-order valence-electron chi connectivity index (χ1n) is 11.4. The Kier molecular flexibility index (Phi) is 11.5.